The first kappa shape index (κ1) is 15.5. The third-order valence-electron chi connectivity index (χ3n) is 3.81. The molecule has 0 saturated heterocycles. The van der Waals surface area contributed by atoms with Gasteiger partial charge in [0.05, 0.1) is 0 Å². The second-order valence-electron chi connectivity index (χ2n) is 6.03. The highest BCUT2D eigenvalue weighted by Crippen LogP contribution is 2.27. The fourth-order valence-corrected chi connectivity index (χ4v) is 2.78. The number of para-hydroxylation sites is 1. The van der Waals surface area contributed by atoms with Crippen molar-refractivity contribution in [3.05, 3.63) is 29.8 Å². The Morgan fingerprint density at radius 3 is 2.67 bits per heavy atom. The summed E-state index contributed by atoms with van der Waals surface area (Å²) in [5.41, 5.74) is 2.26. The predicted octanol–water partition coefficient (Wildman–Crippen LogP) is 2.47. The van der Waals surface area contributed by atoms with Gasteiger partial charge in [0.15, 0.2) is 0 Å². The molecule has 0 N–H and O–H groups in total. The van der Waals surface area contributed by atoms with Crippen LogP contribution in [0.1, 0.15) is 32.8 Å². The highest BCUT2D eigenvalue weighted by atomic mass is 16.2. The molecule has 0 atom stereocenters. The number of fused-ring (bicyclic) bond motifs is 1. The lowest BCUT2D eigenvalue weighted by Crippen LogP contribution is -2.37. The third-order valence-corrected chi connectivity index (χ3v) is 3.81. The van der Waals surface area contributed by atoms with E-state index in [1.54, 1.807) is 11.8 Å². The van der Waals surface area contributed by atoms with Gasteiger partial charge in [-0.3, -0.25) is 9.59 Å². The molecule has 0 saturated carbocycles. The Bertz CT molecular complexity index is 525. The van der Waals surface area contributed by atoms with Crippen LogP contribution in [0.15, 0.2) is 24.3 Å². The molecule has 1 heterocycles. The summed E-state index contributed by atoms with van der Waals surface area (Å²) < 4.78 is 0. The molecule has 0 bridgehead atoms. The van der Waals surface area contributed by atoms with Crippen molar-refractivity contribution in [1.82, 2.24) is 4.90 Å². The van der Waals surface area contributed by atoms with Crippen LogP contribution in [0.3, 0.4) is 0 Å². The Hall–Kier alpha value is -1.84. The zero-order valence-electron chi connectivity index (χ0n) is 13.1. The smallest absolute Gasteiger partial charge is 0.228 e. The molecule has 1 aromatic rings. The summed E-state index contributed by atoms with van der Waals surface area (Å²) in [6.45, 7) is 7.69. The van der Waals surface area contributed by atoms with E-state index in [9.17, 15) is 9.59 Å². The summed E-state index contributed by atoms with van der Waals surface area (Å²) in [7, 11) is 0. The van der Waals surface area contributed by atoms with Crippen LogP contribution < -0.4 is 4.90 Å². The third kappa shape index (κ3) is 3.84. The maximum Gasteiger partial charge on any atom is 0.228 e. The Kier molecular flexibility index (Phi) is 4.99. The largest absolute Gasteiger partial charge is 0.342 e. The summed E-state index contributed by atoms with van der Waals surface area (Å²) in [5, 5.41) is 0. The summed E-state index contributed by atoms with van der Waals surface area (Å²) in [6.07, 6.45) is 1.31. The Morgan fingerprint density at radius 2 is 2.00 bits per heavy atom. The van der Waals surface area contributed by atoms with Gasteiger partial charge < -0.3 is 9.80 Å². The fraction of sp³-hybridized carbons (Fsp3) is 0.529. The minimum absolute atomic E-state index is 0.0401. The molecule has 2 rings (SSSR count). The number of benzene rings is 1. The van der Waals surface area contributed by atoms with E-state index >= 15 is 0 Å². The van der Waals surface area contributed by atoms with E-state index < -0.39 is 0 Å². The Labute approximate surface area is 126 Å². The lowest BCUT2D eigenvalue weighted by Gasteiger charge is -2.24. The number of hydrogen-bond acceptors (Lipinski definition) is 2. The molecular weight excluding hydrogens is 264 g/mol. The van der Waals surface area contributed by atoms with Gasteiger partial charge >= 0.3 is 0 Å². The lowest BCUT2D eigenvalue weighted by molar-refractivity contribution is -0.130. The molecule has 4 heteroatoms. The predicted molar refractivity (Wildman–Crippen MR) is 84.2 cm³/mol. The highest BCUT2D eigenvalue weighted by molar-refractivity contribution is 5.95. The molecule has 0 radical (unpaired) electrons. The first-order valence-corrected chi connectivity index (χ1v) is 7.63. The highest BCUT2D eigenvalue weighted by Gasteiger charge is 2.24. The SMILES string of the molecule is CC(=O)N(CCC(=O)N1CCc2ccccc21)CC(C)C. The number of rotatable bonds is 5. The molecular formula is C17H24N2O2. The van der Waals surface area contributed by atoms with Crippen LogP contribution in [0.5, 0.6) is 0 Å². The van der Waals surface area contributed by atoms with Gasteiger partial charge in [0.25, 0.3) is 0 Å². The lowest BCUT2D eigenvalue weighted by atomic mass is 10.2. The van der Waals surface area contributed by atoms with E-state index in [0.717, 1.165) is 18.7 Å². The monoisotopic (exact) mass is 288 g/mol. The van der Waals surface area contributed by atoms with Crippen molar-refractivity contribution in [2.75, 3.05) is 24.5 Å². The zero-order chi connectivity index (χ0) is 15.4. The molecule has 2 amide bonds. The molecule has 1 aromatic carbocycles. The van der Waals surface area contributed by atoms with Crippen molar-refractivity contribution in [2.45, 2.75) is 33.6 Å². The molecule has 0 unspecified atom stereocenters. The molecule has 21 heavy (non-hydrogen) atoms. The number of anilines is 1. The van der Waals surface area contributed by atoms with Crippen LogP contribution in [-0.4, -0.2) is 36.3 Å². The molecule has 0 spiro atoms. The minimum Gasteiger partial charge on any atom is -0.342 e. The van der Waals surface area contributed by atoms with E-state index in [1.807, 2.05) is 23.1 Å². The maximum absolute atomic E-state index is 12.4. The van der Waals surface area contributed by atoms with Crippen LogP contribution in [0.25, 0.3) is 0 Å². The van der Waals surface area contributed by atoms with Gasteiger partial charge in [0.1, 0.15) is 0 Å². The topological polar surface area (TPSA) is 40.6 Å². The van der Waals surface area contributed by atoms with Gasteiger partial charge in [-0.05, 0) is 24.0 Å². The normalized spacial score (nSPS) is 13.4. The van der Waals surface area contributed by atoms with Crippen molar-refractivity contribution in [1.29, 1.82) is 0 Å². The van der Waals surface area contributed by atoms with Gasteiger partial charge in [0, 0.05) is 38.7 Å². The molecule has 0 aliphatic carbocycles. The quantitative estimate of drug-likeness (QED) is 0.835. The van der Waals surface area contributed by atoms with Crippen molar-refractivity contribution < 1.29 is 9.59 Å². The molecule has 0 fully saturated rings. The van der Waals surface area contributed by atoms with Crippen LogP contribution in [0.4, 0.5) is 5.69 Å². The van der Waals surface area contributed by atoms with E-state index in [-0.39, 0.29) is 11.8 Å². The van der Waals surface area contributed by atoms with Crippen molar-refractivity contribution in [3.63, 3.8) is 0 Å². The fourth-order valence-electron chi connectivity index (χ4n) is 2.78. The summed E-state index contributed by atoms with van der Waals surface area (Å²) in [6, 6.07) is 8.04. The number of carbonyl (C=O) groups excluding carboxylic acids is 2. The van der Waals surface area contributed by atoms with Crippen LogP contribution in [-0.2, 0) is 16.0 Å². The van der Waals surface area contributed by atoms with Gasteiger partial charge in [-0.15, -0.1) is 0 Å². The summed E-state index contributed by atoms with van der Waals surface area (Å²) >= 11 is 0. The van der Waals surface area contributed by atoms with Crippen LogP contribution >= 0.6 is 0 Å². The summed E-state index contributed by atoms with van der Waals surface area (Å²) in [4.78, 5) is 27.6. The molecule has 1 aliphatic rings. The second kappa shape index (κ2) is 6.74. The number of carbonyl (C=O) groups is 2. The van der Waals surface area contributed by atoms with E-state index in [1.165, 1.54) is 5.56 Å². The Morgan fingerprint density at radius 1 is 1.29 bits per heavy atom. The van der Waals surface area contributed by atoms with E-state index in [0.29, 0.717) is 25.4 Å². The maximum atomic E-state index is 12.4. The van der Waals surface area contributed by atoms with Crippen molar-refractivity contribution in [2.24, 2.45) is 5.92 Å². The average molecular weight is 288 g/mol. The van der Waals surface area contributed by atoms with Gasteiger partial charge in [-0.2, -0.15) is 0 Å². The first-order chi connectivity index (χ1) is 9.99. The first-order valence-electron chi connectivity index (χ1n) is 7.63. The molecule has 4 nitrogen and oxygen atoms in total. The van der Waals surface area contributed by atoms with E-state index in [2.05, 4.69) is 19.9 Å². The average Bonchev–Trinajstić information content (AvgIpc) is 2.86. The molecule has 114 valence electrons. The van der Waals surface area contributed by atoms with E-state index in [4.69, 9.17) is 0 Å². The van der Waals surface area contributed by atoms with Crippen LogP contribution in [0, 0.1) is 5.92 Å². The van der Waals surface area contributed by atoms with Gasteiger partial charge in [-0.1, -0.05) is 32.0 Å². The minimum atomic E-state index is 0.0401. The van der Waals surface area contributed by atoms with Gasteiger partial charge in [-0.25, -0.2) is 0 Å². The van der Waals surface area contributed by atoms with Gasteiger partial charge in [0.2, 0.25) is 11.8 Å². The molecule has 0 aromatic heterocycles. The molecule has 1 aliphatic heterocycles. The number of hydrogen-bond donors (Lipinski definition) is 0. The Balaban J connectivity index is 1.95. The second-order valence-corrected chi connectivity index (χ2v) is 6.03. The van der Waals surface area contributed by atoms with Crippen LogP contribution in [0.2, 0.25) is 0 Å². The zero-order valence-corrected chi connectivity index (χ0v) is 13.1. The number of nitrogens with zero attached hydrogens (tertiary/aromatic N) is 2. The number of amides is 2. The summed E-state index contributed by atoms with van der Waals surface area (Å²) in [5.74, 6) is 0.560. The van der Waals surface area contributed by atoms with Crippen molar-refractivity contribution in [3.8, 4) is 0 Å². The standard InChI is InChI=1S/C17H24N2O2/c1-13(2)12-18(14(3)20)10-9-17(21)19-11-8-15-6-4-5-7-16(15)19/h4-7,13H,8-12H2,1-3H3. The van der Waals surface area contributed by atoms with Crippen molar-refractivity contribution >= 4 is 17.5 Å².